The summed E-state index contributed by atoms with van der Waals surface area (Å²) in [6, 6.07) is 14.9. The average Bonchev–Trinajstić information content (AvgIpc) is 3.43. The molecule has 0 aliphatic carbocycles. The van der Waals surface area contributed by atoms with Gasteiger partial charge < -0.3 is 20.0 Å². The summed E-state index contributed by atoms with van der Waals surface area (Å²) in [4.78, 5) is 38.4. The van der Waals surface area contributed by atoms with E-state index in [-0.39, 0.29) is 48.7 Å². The van der Waals surface area contributed by atoms with Crippen LogP contribution in [0.2, 0.25) is 0 Å². The van der Waals surface area contributed by atoms with Gasteiger partial charge in [0.2, 0.25) is 11.8 Å². The lowest BCUT2D eigenvalue weighted by atomic mass is 10.1. The second-order valence-electron chi connectivity index (χ2n) is 7.71. The Hall–Kier alpha value is -3.94. The summed E-state index contributed by atoms with van der Waals surface area (Å²) >= 11 is 0. The molecule has 4 rings (SSSR count). The van der Waals surface area contributed by atoms with Crippen LogP contribution in [-0.2, 0) is 16.1 Å². The molecule has 1 aromatic heterocycles. The molecule has 2 heterocycles. The van der Waals surface area contributed by atoms with Gasteiger partial charge in [-0.2, -0.15) is 0 Å². The predicted octanol–water partition coefficient (Wildman–Crippen LogP) is 3.65. The van der Waals surface area contributed by atoms with Crippen LogP contribution in [0.15, 0.2) is 65.3 Å². The van der Waals surface area contributed by atoms with Gasteiger partial charge in [-0.1, -0.05) is 18.2 Å². The number of furan rings is 1. The normalized spacial score (nSPS) is 15.6. The van der Waals surface area contributed by atoms with Gasteiger partial charge in [0.25, 0.3) is 5.91 Å². The van der Waals surface area contributed by atoms with E-state index in [0.717, 1.165) is 11.1 Å². The molecule has 2 N–H and O–H groups in total. The minimum atomic E-state index is -0.565. The van der Waals surface area contributed by atoms with Gasteiger partial charge in [0.15, 0.2) is 5.76 Å². The van der Waals surface area contributed by atoms with Gasteiger partial charge in [0.05, 0.1) is 17.9 Å². The molecule has 1 atom stereocenters. The fraction of sp³-hybridized carbons (Fsp3) is 0.208. The number of benzene rings is 2. The Morgan fingerprint density at radius 2 is 2.00 bits per heavy atom. The third-order valence-electron chi connectivity index (χ3n) is 5.29. The monoisotopic (exact) mass is 435 g/mol. The zero-order valence-corrected chi connectivity index (χ0v) is 17.4. The molecule has 7 nitrogen and oxygen atoms in total. The van der Waals surface area contributed by atoms with Crippen molar-refractivity contribution in [2.24, 2.45) is 5.92 Å². The third kappa shape index (κ3) is 4.69. The van der Waals surface area contributed by atoms with Crippen LogP contribution in [0.1, 0.15) is 28.1 Å². The lowest BCUT2D eigenvalue weighted by molar-refractivity contribution is -0.126. The number of anilines is 2. The first-order chi connectivity index (χ1) is 15.4. The first-order valence-corrected chi connectivity index (χ1v) is 10.2. The van der Waals surface area contributed by atoms with Crippen molar-refractivity contribution in [3.05, 3.63) is 83.6 Å². The van der Waals surface area contributed by atoms with E-state index in [2.05, 4.69) is 10.6 Å². The topological polar surface area (TPSA) is 91.7 Å². The van der Waals surface area contributed by atoms with Crippen molar-refractivity contribution in [3.63, 3.8) is 0 Å². The van der Waals surface area contributed by atoms with Crippen molar-refractivity contribution in [1.29, 1.82) is 0 Å². The molecule has 0 radical (unpaired) electrons. The van der Waals surface area contributed by atoms with Crippen LogP contribution >= 0.6 is 0 Å². The summed E-state index contributed by atoms with van der Waals surface area (Å²) in [7, 11) is 0. The van der Waals surface area contributed by atoms with Gasteiger partial charge >= 0.3 is 0 Å². The van der Waals surface area contributed by atoms with Gasteiger partial charge in [0.1, 0.15) is 5.82 Å². The number of nitrogens with zero attached hydrogens (tertiary/aromatic N) is 1. The molecule has 0 saturated carbocycles. The summed E-state index contributed by atoms with van der Waals surface area (Å²) in [5, 5.41) is 5.56. The maximum Gasteiger partial charge on any atom is 0.291 e. The zero-order chi connectivity index (χ0) is 22.7. The van der Waals surface area contributed by atoms with E-state index >= 15 is 0 Å². The highest BCUT2D eigenvalue weighted by molar-refractivity contribution is 6.02. The Morgan fingerprint density at radius 3 is 2.75 bits per heavy atom. The first kappa shape index (κ1) is 21.3. The van der Waals surface area contributed by atoms with Crippen molar-refractivity contribution in [3.8, 4) is 0 Å². The second kappa shape index (κ2) is 9.05. The van der Waals surface area contributed by atoms with Gasteiger partial charge in [-0.3, -0.25) is 14.4 Å². The molecule has 1 unspecified atom stereocenters. The van der Waals surface area contributed by atoms with Crippen molar-refractivity contribution in [1.82, 2.24) is 5.32 Å². The van der Waals surface area contributed by atoms with Crippen LogP contribution in [0.25, 0.3) is 0 Å². The standard InChI is InChI=1S/C24H22FN3O4/c1-15-7-8-20(19(25)10-15)28-14-17(12-22(28)29)23(30)26-13-16-4-2-5-18(11-16)27-24(31)21-6-3-9-32-21/h2-11,17H,12-14H2,1H3,(H,26,30)(H,27,31). The minimum Gasteiger partial charge on any atom is -0.459 e. The van der Waals surface area contributed by atoms with Gasteiger partial charge in [-0.15, -0.1) is 0 Å². The molecule has 1 saturated heterocycles. The highest BCUT2D eigenvalue weighted by atomic mass is 19.1. The molecular formula is C24H22FN3O4. The Bertz CT molecular complexity index is 1160. The van der Waals surface area contributed by atoms with E-state index in [1.807, 2.05) is 6.07 Å². The Kier molecular flexibility index (Phi) is 6.02. The molecular weight excluding hydrogens is 413 g/mol. The third-order valence-corrected chi connectivity index (χ3v) is 5.29. The molecule has 0 spiro atoms. The number of halogens is 1. The number of hydrogen-bond donors (Lipinski definition) is 2. The maximum absolute atomic E-state index is 14.3. The van der Waals surface area contributed by atoms with Crippen LogP contribution in [0.5, 0.6) is 0 Å². The number of carbonyl (C=O) groups is 3. The molecule has 164 valence electrons. The van der Waals surface area contributed by atoms with E-state index in [1.54, 1.807) is 49.4 Å². The Labute approximate surface area is 184 Å². The molecule has 1 aliphatic heterocycles. The summed E-state index contributed by atoms with van der Waals surface area (Å²) < 4.78 is 19.3. The number of nitrogens with one attached hydrogen (secondary N) is 2. The van der Waals surface area contributed by atoms with Gasteiger partial charge in [-0.05, 0) is 54.4 Å². The van der Waals surface area contributed by atoms with Crippen molar-refractivity contribution in [2.45, 2.75) is 19.9 Å². The molecule has 32 heavy (non-hydrogen) atoms. The lowest BCUT2D eigenvalue weighted by Gasteiger charge is -2.18. The molecule has 1 aliphatic rings. The van der Waals surface area contributed by atoms with Crippen LogP contribution < -0.4 is 15.5 Å². The van der Waals surface area contributed by atoms with E-state index in [1.165, 1.54) is 17.2 Å². The highest BCUT2D eigenvalue weighted by Gasteiger charge is 2.36. The van der Waals surface area contributed by atoms with Crippen LogP contribution in [0.4, 0.5) is 15.8 Å². The molecule has 0 bridgehead atoms. The van der Waals surface area contributed by atoms with Gasteiger partial charge in [-0.25, -0.2) is 4.39 Å². The van der Waals surface area contributed by atoms with Crippen LogP contribution in [0.3, 0.4) is 0 Å². The summed E-state index contributed by atoms with van der Waals surface area (Å²) in [5.41, 5.74) is 2.29. The molecule has 2 aromatic carbocycles. The fourth-order valence-electron chi connectivity index (χ4n) is 3.64. The highest BCUT2D eigenvalue weighted by Crippen LogP contribution is 2.28. The zero-order valence-electron chi connectivity index (χ0n) is 17.4. The molecule has 1 fully saturated rings. The lowest BCUT2D eigenvalue weighted by Crippen LogP contribution is -2.32. The smallest absolute Gasteiger partial charge is 0.291 e. The number of aryl methyl sites for hydroxylation is 1. The Balaban J connectivity index is 1.35. The minimum absolute atomic E-state index is 0.0262. The molecule has 3 amide bonds. The largest absolute Gasteiger partial charge is 0.459 e. The maximum atomic E-state index is 14.3. The SMILES string of the molecule is Cc1ccc(N2CC(C(=O)NCc3cccc(NC(=O)c4ccco4)c3)CC2=O)c(F)c1. The van der Waals surface area contributed by atoms with Crippen LogP contribution in [0, 0.1) is 18.7 Å². The quantitative estimate of drug-likeness (QED) is 0.618. The van der Waals surface area contributed by atoms with Gasteiger partial charge in [0, 0.05) is 25.2 Å². The van der Waals surface area contributed by atoms with E-state index in [9.17, 15) is 18.8 Å². The summed E-state index contributed by atoms with van der Waals surface area (Å²) in [6.07, 6.45) is 1.45. The van der Waals surface area contributed by atoms with Crippen LogP contribution in [-0.4, -0.2) is 24.3 Å². The van der Waals surface area contributed by atoms with E-state index < -0.39 is 11.7 Å². The average molecular weight is 435 g/mol. The summed E-state index contributed by atoms with van der Waals surface area (Å²) in [6.45, 7) is 2.13. The van der Waals surface area contributed by atoms with E-state index in [0.29, 0.717) is 5.69 Å². The van der Waals surface area contributed by atoms with Crippen molar-refractivity contribution >= 4 is 29.1 Å². The molecule has 3 aromatic rings. The van der Waals surface area contributed by atoms with E-state index in [4.69, 9.17) is 4.42 Å². The second-order valence-corrected chi connectivity index (χ2v) is 7.71. The Morgan fingerprint density at radius 1 is 1.16 bits per heavy atom. The summed E-state index contributed by atoms with van der Waals surface area (Å²) in [5.74, 6) is -1.78. The number of rotatable bonds is 6. The first-order valence-electron chi connectivity index (χ1n) is 10.2. The van der Waals surface area contributed by atoms with Crippen molar-refractivity contribution < 1.29 is 23.2 Å². The fourth-order valence-corrected chi connectivity index (χ4v) is 3.64. The predicted molar refractivity (Wildman–Crippen MR) is 117 cm³/mol. The number of carbonyl (C=O) groups excluding carboxylic acids is 3. The molecule has 8 heteroatoms. The number of hydrogen-bond acceptors (Lipinski definition) is 4. The van der Waals surface area contributed by atoms with Crippen molar-refractivity contribution in [2.75, 3.05) is 16.8 Å². The number of amides is 3.